The van der Waals surface area contributed by atoms with E-state index in [1.54, 1.807) is 7.11 Å². The number of hydrogen-bond acceptors (Lipinski definition) is 4. The Morgan fingerprint density at radius 2 is 2.50 bits per heavy atom. The third-order valence-electron chi connectivity index (χ3n) is 1.75. The number of hydrogen-bond donors (Lipinski definition) is 0. The van der Waals surface area contributed by atoms with Gasteiger partial charge in [0.15, 0.2) is 0 Å². The Labute approximate surface area is 71.8 Å². The molecule has 1 rings (SSSR count). The normalized spacial score (nSPS) is 24.8. The fourth-order valence-electron chi connectivity index (χ4n) is 1.15. The van der Waals surface area contributed by atoms with E-state index < -0.39 is 0 Å². The summed E-state index contributed by atoms with van der Waals surface area (Å²) in [5, 5.41) is 0. The maximum absolute atomic E-state index is 10.9. The smallest absolute Gasteiger partial charge is 0.308 e. The van der Waals surface area contributed by atoms with Crippen LogP contribution in [0.25, 0.3) is 0 Å². The number of carbonyl (C=O) groups is 1. The van der Waals surface area contributed by atoms with Crippen molar-refractivity contribution >= 4 is 5.97 Å². The van der Waals surface area contributed by atoms with Crippen LogP contribution < -0.4 is 0 Å². The van der Waals surface area contributed by atoms with Crippen molar-refractivity contribution in [3.05, 3.63) is 0 Å². The molecule has 0 aromatic heterocycles. The molecule has 1 unspecified atom stereocenters. The zero-order valence-corrected chi connectivity index (χ0v) is 7.25. The Morgan fingerprint density at radius 3 is 3.25 bits per heavy atom. The second-order valence-electron chi connectivity index (χ2n) is 2.76. The van der Waals surface area contributed by atoms with Gasteiger partial charge in [-0.2, -0.15) is 0 Å². The first-order valence-electron chi connectivity index (χ1n) is 4.09. The predicted molar refractivity (Wildman–Crippen MR) is 41.6 cm³/mol. The predicted octanol–water partition coefficient (Wildman–Crippen LogP) is 0.703. The van der Waals surface area contributed by atoms with Crippen molar-refractivity contribution < 1.29 is 19.0 Å². The van der Waals surface area contributed by atoms with Crippen LogP contribution in [0.1, 0.15) is 19.3 Å². The molecule has 0 spiro atoms. The quantitative estimate of drug-likeness (QED) is 0.466. The van der Waals surface area contributed by atoms with Gasteiger partial charge in [-0.05, 0) is 12.8 Å². The van der Waals surface area contributed by atoms with E-state index in [4.69, 9.17) is 14.2 Å². The first kappa shape index (κ1) is 9.48. The molecule has 0 bridgehead atoms. The lowest BCUT2D eigenvalue weighted by atomic mass is 10.1. The molecule has 0 aromatic rings. The summed E-state index contributed by atoms with van der Waals surface area (Å²) in [6.07, 6.45) is 2.07. The average Bonchev–Trinajstić information content (AvgIpc) is 2.26. The minimum Gasteiger partial charge on any atom is -0.466 e. The van der Waals surface area contributed by atoms with Gasteiger partial charge in [-0.3, -0.25) is 4.79 Å². The number of rotatable bonds is 3. The molecule has 70 valence electrons. The van der Waals surface area contributed by atoms with E-state index in [-0.39, 0.29) is 18.9 Å². The number of cyclic esters (lactones) is 1. The average molecular weight is 174 g/mol. The molecule has 1 fully saturated rings. The number of carbonyl (C=O) groups excluding carboxylic acids is 1. The lowest BCUT2D eigenvalue weighted by Crippen LogP contribution is -2.17. The van der Waals surface area contributed by atoms with Crippen molar-refractivity contribution in [2.24, 2.45) is 0 Å². The summed E-state index contributed by atoms with van der Waals surface area (Å²) in [6, 6.07) is 0. The Kier molecular flexibility index (Phi) is 4.04. The van der Waals surface area contributed by atoms with Crippen LogP contribution in [0.2, 0.25) is 0 Å². The summed E-state index contributed by atoms with van der Waals surface area (Å²) < 4.78 is 14.9. The monoisotopic (exact) mass is 174 g/mol. The van der Waals surface area contributed by atoms with Crippen LogP contribution in [0, 0.1) is 0 Å². The van der Waals surface area contributed by atoms with Gasteiger partial charge in [0, 0.05) is 7.11 Å². The zero-order chi connectivity index (χ0) is 8.81. The van der Waals surface area contributed by atoms with Crippen molar-refractivity contribution in [1.29, 1.82) is 0 Å². The summed E-state index contributed by atoms with van der Waals surface area (Å²) in [4.78, 5) is 10.9. The van der Waals surface area contributed by atoms with E-state index >= 15 is 0 Å². The summed E-state index contributed by atoms with van der Waals surface area (Å²) in [7, 11) is 1.56. The summed E-state index contributed by atoms with van der Waals surface area (Å²) >= 11 is 0. The van der Waals surface area contributed by atoms with Crippen LogP contribution in [0.15, 0.2) is 0 Å². The highest BCUT2D eigenvalue weighted by molar-refractivity contribution is 5.70. The van der Waals surface area contributed by atoms with Crippen LogP contribution in [0.4, 0.5) is 0 Å². The van der Waals surface area contributed by atoms with Gasteiger partial charge in [0.25, 0.3) is 0 Å². The molecule has 0 amide bonds. The Morgan fingerprint density at radius 1 is 1.67 bits per heavy atom. The largest absolute Gasteiger partial charge is 0.466 e. The van der Waals surface area contributed by atoms with Crippen molar-refractivity contribution in [1.82, 2.24) is 0 Å². The number of methoxy groups -OCH3 is 1. The van der Waals surface area contributed by atoms with E-state index in [0.29, 0.717) is 13.0 Å². The Bertz CT molecular complexity index is 146. The molecule has 0 aliphatic carbocycles. The fraction of sp³-hybridized carbons (Fsp3) is 0.875. The molecule has 4 nitrogen and oxygen atoms in total. The van der Waals surface area contributed by atoms with Crippen LogP contribution in [-0.2, 0) is 19.0 Å². The van der Waals surface area contributed by atoms with Crippen LogP contribution in [0.5, 0.6) is 0 Å². The summed E-state index contributed by atoms with van der Waals surface area (Å²) in [6.45, 7) is 0.767. The van der Waals surface area contributed by atoms with E-state index in [0.717, 1.165) is 12.8 Å². The molecule has 1 aliphatic rings. The van der Waals surface area contributed by atoms with Gasteiger partial charge >= 0.3 is 5.97 Å². The van der Waals surface area contributed by atoms with Gasteiger partial charge in [-0.1, -0.05) is 0 Å². The van der Waals surface area contributed by atoms with E-state index in [1.165, 1.54) is 0 Å². The maximum Gasteiger partial charge on any atom is 0.308 e. The fourth-order valence-corrected chi connectivity index (χ4v) is 1.15. The molecule has 4 heteroatoms. The summed E-state index contributed by atoms with van der Waals surface area (Å²) in [5.74, 6) is -0.173. The lowest BCUT2D eigenvalue weighted by molar-refractivity contribution is -0.146. The van der Waals surface area contributed by atoms with Crippen molar-refractivity contribution in [2.45, 2.75) is 25.4 Å². The first-order valence-corrected chi connectivity index (χ1v) is 4.09. The SMILES string of the molecule is COCOC1CCCOC(=O)C1. The van der Waals surface area contributed by atoms with Gasteiger partial charge in [-0.25, -0.2) is 0 Å². The third kappa shape index (κ3) is 3.19. The van der Waals surface area contributed by atoms with Crippen LogP contribution >= 0.6 is 0 Å². The molecular formula is C8H14O4. The third-order valence-corrected chi connectivity index (χ3v) is 1.75. The van der Waals surface area contributed by atoms with Crippen molar-refractivity contribution in [3.8, 4) is 0 Å². The Hall–Kier alpha value is -0.610. The molecule has 1 atom stereocenters. The van der Waals surface area contributed by atoms with Gasteiger partial charge < -0.3 is 14.2 Å². The van der Waals surface area contributed by atoms with Gasteiger partial charge in [0.1, 0.15) is 6.79 Å². The molecule has 1 aliphatic heterocycles. The second kappa shape index (κ2) is 5.11. The highest BCUT2D eigenvalue weighted by atomic mass is 16.7. The summed E-state index contributed by atoms with van der Waals surface area (Å²) in [5.41, 5.74) is 0. The van der Waals surface area contributed by atoms with Crippen molar-refractivity contribution in [3.63, 3.8) is 0 Å². The van der Waals surface area contributed by atoms with Gasteiger partial charge in [-0.15, -0.1) is 0 Å². The second-order valence-corrected chi connectivity index (χ2v) is 2.76. The highest BCUT2D eigenvalue weighted by Gasteiger charge is 2.18. The zero-order valence-electron chi connectivity index (χ0n) is 7.25. The van der Waals surface area contributed by atoms with Crippen molar-refractivity contribution in [2.75, 3.05) is 20.5 Å². The topological polar surface area (TPSA) is 44.8 Å². The number of esters is 1. The highest BCUT2D eigenvalue weighted by Crippen LogP contribution is 2.12. The van der Waals surface area contributed by atoms with Gasteiger partial charge in [0.2, 0.25) is 0 Å². The minimum absolute atomic E-state index is 0.0278. The van der Waals surface area contributed by atoms with Crippen LogP contribution in [0.3, 0.4) is 0 Å². The first-order chi connectivity index (χ1) is 5.83. The maximum atomic E-state index is 10.9. The van der Waals surface area contributed by atoms with Gasteiger partial charge in [0.05, 0.1) is 19.1 Å². The molecule has 1 heterocycles. The molecule has 12 heavy (non-hydrogen) atoms. The molecular weight excluding hydrogens is 160 g/mol. The lowest BCUT2D eigenvalue weighted by Gasteiger charge is -2.11. The number of ether oxygens (including phenoxy) is 3. The van der Waals surface area contributed by atoms with E-state index in [1.807, 2.05) is 0 Å². The van der Waals surface area contributed by atoms with E-state index in [2.05, 4.69) is 0 Å². The Balaban J connectivity index is 2.26. The molecule has 0 aromatic carbocycles. The molecule has 1 saturated heterocycles. The molecule has 0 N–H and O–H groups in total. The standard InChI is InChI=1S/C8H14O4/c1-10-6-12-7-3-2-4-11-8(9)5-7/h7H,2-6H2,1H3. The molecule has 0 saturated carbocycles. The molecule has 0 radical (unpaired) electrons. The van der Waals surface area contributed by atoms with Crippen LogP contribution in [-0.4, -0.2) is 32.6 Å². The minimum atomic E-state index is -0.173. The van der Waals surface area contributed by atoms with E-state index in [9.17, 15) is 4.79 Å².